The van der Waals surface area contributed by atoms with E-state index in [1.54, 1.807) is 0 Å². The van der Waals surface area contributed by atoms with Crippen molar-refractivity contribution in [2.45, 2.75) is 149 Å². The van der Waals surface area contributed by atoms with E-state index in [1.165, 1.54) is 5.57 Å². The maximum Gasteiger partial charge on any atom is 0.317 e. The minimum absolute atomic E-state index is 0.0497. The fourth-order valence-electron chi connectivity index (χ4n) is 12.1. The highest BCUT2D eigenvalue weighted by molar-refractivity contribution is 5.80. The number of aliphatic hydroxyl groups is 6. The molecule has 0 unspecified atom stereocenters. The van der Waals surface area contributed by atoms with E-state index in [0.29, 0.717) is 37.5 Å². The second-order valence-corrected chi connectivity index (χ2v) is 18.0. The van der Waals surface area contributed by atoms with Crippen LogP contribution >= 0.6 is 0 Å². The molecule has 9 heteroatoms. The van der Waals surface area contributed by atoms with Crippen LogP contribution in [-0.4, -0.2) is 86.1 Å². The molecule has 9 nitrogen and oxygen atoms in total. The zero-order valence-corrected chi connectivity index (χ0v) is 28.3. The molecule has 0 aromatic rings. The van der Waals surface area contributed by atoms with Crippen LogP contribution in [0.15, 0.2) is 11.6 Å². The molecule has 5 aliphatic carbocycles. The van der Waals surface area contributed by atoms with Gasteiger partial charge < -0.3 is 40.1 Å². The predicted molar refractivity (Wildman–Crippen MR) is 166 cm³/mol. The highest BCUT2D eigenvalue weighted by Gasteiger charge is 2.71. The number of ether oxygens (including phenoxy) is 2. The lowest BCUT2D eigenvalue weighted by Gasteiger charge is -2.71. The van der Waals surface area contributed by atoms with E-state index in [1.807, 2.05) is 0 Å². The SMILES string of the molecule is CC1(C)CC[C@]2(C(=O)O[C@@H]3O[C@H](CO)[C@@H](O)[C@H](O)[C@H]3O)[C@@H](O)C[C@]3(C)C(=CC[C@@H]4[C@@]5(C)CC[C@H](O)C(C)(C)[C@@H]5CC[C@]43C)[C@@H]2C1. The number of hydrogen-bond donors (Lipinski definition) is 6. The molecule has 6 N–H and O–H groups in total. The largest absolute Gasteiger partial charge is 0.432 e. The third kappa shape index (κ3) is 4.54. The van der Waals surface area contributed by atoms with Crippen LogP contribution in [0.1, 0.15) is 106 Å². The molecule has 14 atom stereocenters. The van der Waals surface area contributed by atoms with E-state index in [2.05, 4.69) is 54.5 Å². The Morgan fingerprint density at radius 1 is 0.844 bits per heavy atom. The highest BCUT2D eigenvalue weighted by atomic mass is 16.7. The fraction of sp³-hybridized carbons (Fsp3) is 0.917. The van der Waals surface area contributed by atoms with Crippen molar-refractivity contribution in [3.63, 3.8) is 0 Å². The van der Waals surface area contributed by atoms with Gasteiger partial charge in [0.05, 0.1) is 18.8 Å². The maximum atomic E-state index is 14.4. The van der Waals surface area contributed by atoms with E-state index in [0.717, 1.165) is 32.1 Å². The van der Waals surface area contributed by atoms with E-state index in [9.17, 15) is 35.4 Å². The van der Waals surface area contributed by atoms with Gasteiger partial charge in [0, 0.05) is 0 Å². The van der Waals surface area contributed by atoms with Gasteiger partial charge in [0.15, 0.2) is 0 Å². The fourth-order valence-corrected chi connectivity index (χ4v) is 12.1. The van der Waals surface area contributed by atoms with Crippen LogP contribution in [0.4, 0.5) is 0 Å². The lowest BCUT2D eigenvalue weighted by molar-refractivity contribution is -0.299. The number of aliphatic hydroxyl groups excluding tert-OH is 6. The summed E-state index contributed by atoms with van der Waals surface area (Å²) in [5, 5.41) is 64.3. The summed E-state index contributed by atoms with van der Waals surface area (Å²) in [6.45, 7) is 15.5. The Balaban J connectivity index is 1.38. The van der Waals surface area contributed by atoms with Crippen LogP contribution < -0.4 is 0 Å². The molecule has 0 aromatic carbocycles. The Bertz CT molecular complexity index is 1210. The second kappa shape index (κ2) is 10.7. The molecule has 0 bridgehead atoms. The number of rotatable bonds is 3. The van der Waals surface area contributed by atoms with Gasteiger partial charge in [-0.05, 0) is 103 Å². The number of allylic oxidation sites excluding steroid dienone is 2. The number of carbonyl (C=O) groups is 1. The van der Waals surface area contributed by atoms with Crippen molar-refractivity contribution in [1.29, 1.82) is 0 Å². The van der Waals surface area contributed by atoms with Crippen molar-refractivity contribution in [2.24, 2.45) is 50.2 Å². The average molecular weight is 635 g/mol. The molecular weight excluding hydrogens is 576 g/mol. The smallest absolute Gasteiger partial charge is 0.317 e. The van der Waals surface area contributed by atoms with Gasteiger partial charge in [-0.2, -0.15) is 0 Å². The van der Waals surface area contributed by atoms with Crippen molar-refractivity contribution in [3.8, 4) is 0 Å². The Morgan fingerprint density at radius 2 is 1.53 bits per heavy atom. The van der Waals surface area contributed by atoms with Crippen LogP contribution in [0.25, 0.3) is 0 Å². The Kier molecular flexibility index (Phi) is 8.05. The van der Waals surface area contributed by atoms with Crippen molar-refractivity contribution < 1.29 is 44.9 Å². The van der Waals surface area contributed by atoms with Crippen LogP contribution in [-0.2, 0) is 14.3 Å². The normalized spacial score (nSPS) is 53.6. The number of fused-ring (bicyclic) bond motifs is 7. The molecule has 1 heterocycles. The van der Waals surface area contributed by atoms with E-state index in [-0.39, 0.29) is 39.1 Å². The third-order valence-electron chi connectivity index (χ3n) is 15.1. The molecule has 45 heavy (non-hydrogen) atoms. The molecule has 1 saturated heterocycles. The van der Waals surface area contributed by atoms with Crippen molar-refractivity contribution in [3.05, 3.63) is 11.6 Å². The van der Waals surface area contributed by atoms with Crippen LogP contribution in [0, 0.1) is 50.2 Å². The standard InChI is InChI=1S/C36H58O9/c1-31(2)14-15-36(30(43)45-29-28(42)27(41)26(40)21(18-37)44-29)20(16-31)19-8-9-23-33(5)12-11-24(38)32(3,4)22(33)10-13-34(23,6)35(19,7)17-25(36)39/h8,20-29,37-42H,9-18H2,1-7H3/t20-,21+,22-,23+,24-,25-,26+,27-,28+,29-,33-,34+,35+,36+/m0/s1. The maximum absolute atomic E-state index is 14.4. The molecular formula is C36H58O9. The summed E-state index contributed by atoms with van der Waals surface area (Å²) in [5.41, 5.74) is -0.661. The minimum Gasteiger partial charge on any atom is -0.432 e. The summed E-state index contributed by atoms with van der Waals surface area (Å²) < 4.78 is 11.4. The van der Waals surface area contributed by atoms with Crippen molar-refractivity contribution in [2.75, 3.05) is 6.61 Å². The predicted octanol–water partition coefficient (Wildman–Crippen LogP) is 3.46. The first-order valence-electron chi connectivity index (χ1n) is 17.4. The molecule has 1 aliphatic heterocycles. The van der Waals surface area contributed by atoms with E-state index < -0.39 is 54.8 Å². The molecule has 0 spiro atoms. The molecule has 6 rings (SSSR count). The lowest BCUT2D eigenvalue weighted by atomic mass is 9.33. The summed E-state index contributed by atoms with van der Waals surface area (Å²) in [7, 11) is 0. The summed E-state index contributed by atoms with van der Waals surface area (Å²) in [4.78, 5) is 14.4. The lowest BCUT2D eigenvalue weighted by Crippen LogP contribution is -2.68. The van der Waals surface area contributed by atoms with Gasteiger partial charge in [-0.3, -0.25) is 4.79 Å². The Labute approximate surface area is 268 Å². The topological polar surface area (TPSA) is 157 Å². The molecule has 4 saturated carbocycles. The molecule has 0 radical (unpaired) electrons. The Morgan fingerprint density at radius 3 is 2.20 bits per heavy atom. The van der Waals surface area contributed by atoms with Gasteiger partial charge in [0.2, 0.25) is 6.29 Å². The second-order valence-electron chi connectivity index (χ2n) is 18.0. The summed E-state index contributed by atoms with van der Waals surface area (Å²) in [5.74, 6) is -0.157. The summed E-state index contributed by atoms with van der Waals surface area (Å²) in [6, 6.07) is 0. The zero-order chi connectivity index (χ0) is 33.1. The molecule has 6 aliphatic rings. The first kappa shape index (κ1) is 33.8. The summed E-state index contributed by atoms with van der Waals surface area (Å²) >= 11 is 0. The van der Waals surface area contributed by atoms with E-state index in [4.69, 9.17) is 9.47 Å². The van der Waals surface area contributed by atoms with Crippen LogP contribution in [0.3, 0.4) is 0 Å². The van der Waals surface area contributed by atoms with Gasteiger partial charge in [0.1, 0.15) is 29.8 Å². The van der Waals surface area contributed by atoms with Gasteiger partial charge >= 0.3 is 5.97 Å². The van der Waals surface area contributed by atoms with Crippen LogP contribution in [0.2, 0.25) is 0 Å². The monoisotopic (exact) mass is 634 g/mol. The molecule has 5 fully saturated rings. The van der Waals surface area contributed by atoms with Crippen molar-refractivity contribution >= 4 is 5.97 Å². The van der Waals surface area contributed by atoms with Gasteiger partial charge in [-0.1, -0.05) is 60.1 Å². The minimum atomic E-state index is -1.70. The third-order valence-corrected chi connectivity index (χ3v) is 15.1. The summed E-state index contributed by atoms with van der Waals surface area (Å²) in [6.07, 6.45) is 0.341. The highest BCUT2D eigenvalue weighted by Crippen LogP contribution is 2.75. The van der Waals surface area contributed by atoms with Gasteiger partial charge in [-0.25, -0.2) is 0 Å². The quantitative estimate of drug-likeness (QED) is 0.202. The van der Waals surface area contributed by atoms with Gasteiger partial charge in [0.25, 0.3) is 0 Å². The van der Waals surface area contributed by atoms with Crippen molar-refractivity contribution in [1.82, 2.24) is 0 Å². The van der Waals surface area contributed by atoms with Gasteiger partial charge in [-0.15, -0.1) is 0 Å². The van der Waals surface area contributed by atoms with Crippen LogP contribution in [0.5, 0.6) is 0 Å². The van der Waals surface area contributed by atoms with E-state index >= 15 is 0 Å². The zero-order valence-electron chi connectivity index (χ0n) is 28.3. The Hall–Kier alpha value is -1.07. The first-order chi connectivity index (χ1) is 20.8. The number of hydrogen-bond acceptors (Lipinski definition) is 9. The number of esters is 1. The molecule has 0 amide bonds. The molecule has 256 valence electrons. The number of carbonyl (C=O) groups excluding carboxylic acids is 1. The molecule has 0 aromatic heterocycles. The first-order valence-corrected chi connectivity index (χ1v) is 17.4. The average Bonchev–Trinajstić information content (AvgIpc) is 2.95.